The van der Waals surface area contributed by atoms with Gasteiger partial charge in [-0.1, -0.05) is 0 Å². The molecule has 0 spiro atoms. The number of aliphatic hydroxyl groups excluding tert-OH is 1. The van der Waals surface area contributed by atoms with Crippen molar-refractivity contribution in [3.05, 3.63) is 23.3 Å². The van der Waals surface area contributed by atoms with E-state index >= 15 is 0 Å². The molecule has 4 nitrogen and oxygen atoms in total. The maximum absolute atomic E-state index is 12.4. The molecule has 0 aromatic heterocycles. The second kappa shape index (κ2) is 4.18. The number of hydrogen-bond donors (Lipinski definition) is 4. The fraction of sp³-hybridized carbons (Fsp3) is 0.333. The number of phenols is 2. The molecule has 1 unspecified atom stereocenters. The first-order chi connectivity index (χ1) is 7.27. The van der Waals surface area contributed by atoms with Gasteiger partial charge in [0.05, 0.1) is 12.6 Å². The maximum Gasteiger partial charge on any atom is 0.420 e. The molecule has 90 valence electrons. The average molecular weight is 237 g/mol. The molecule has 7 heteroatoms. The first-order valence-electron chi connectivity index (χ1n) is 4.27. The number of halogens is 3. The quantitative estimate of drug-likeness (QED) is 0.580. The maximum atomic E-state index is 12.4. The van der Waals surface area contributed by atoms with Crippen LogP contribution in [0.2, 0.25) is 0 Å². The summed E-state index contributed by atoms with van der Waals surface area (Å²) in [6.45, 7) is -0.645. The van der Waals surface area contributed by atoms with E-state index in [9.17, 15) is 18.3 Å². The van der Waals surface area contributed by atoms with Crippen LogP contribution in [0, 0.1) is 0 Å². The van der Waals surface area contributed by atoms with E-state index in [1.54, 1.807) is 0 Å². The lowest BCUT2D eigenvalue weighted by atomic mass is 10.0. The van der Waals surface area contributed by atoms with Crippen LogP contribution in [-0.2, 0) is 6.18 Å². The number of hydrogen-bond acceptors (Lipinski definition) is 4. The van der Waals surface area contributed by atoms with Gasteiger partial charge < -0.3 is 21.1 Å². The number of benzene rings is 1. The summed E-state index contributed by atoms with van der Waals surface area (Å²) in [5, 5.41) is 27.1. The van der Waals surface area contributed by atoms with E-state index < -0.39 is 35.9 Å². The van der Waals surface area contributed by atoms with Crippen LogP contribution in [0.1, 0.15) is 17.2 Å². The second-order valence-electron chi connectivity index (χ2n) is 3.22. The standard InChI is InChI=1S/C9H10F3NO3/c10-9(11,12)6-2-4(15)1-5(8(6)16)7(13)3-14/h1-2,7,14-16H,3,13H2. The summed E-state index contributed by atoms with van der Waals surface area (Å²) in [6.07, 6.45) is -4.80. The van der Waals surface area contributed by atoms with E-state index in [4.69, 9.17) is 15.9 Å². The van der Waals surface area contributed by atoms with E-state index in [1.807, 2.05) is 0 Å². The summed E-state index contributed by atoms with van der Waals surface area (Å²) < 4.78 is 37.2. The van der Waals surface area contributed by atoms with Crippen molar-refractivity contribution in [1.82, 2.24) is 0 Å². The highest BCUT2D eigenvalue weighted by atomic mass is 19.4. The minimum atomic E-state index is -4.80. The summed E-state index contributed by atoms with van der Waals surface area (Å²) in [5.41, 5.74) is 3.55. The number of alkyl halides is 3. The zero-order chi connectivity index (χ0) is 12.5. The molecule has 1 aromatic carbocycles. The minimum Gasteiger partial charge on any atom is -0.508 e. The Morgan fingerprint density at radius 1 is 1.25 bits per heavy atom. The van der Waals surface area contributed by atoms with E-state index in [-0.39, 0.29) is 5.56 Å². The minimum absolute atomic E-state index is 0.352. The molecule has 0 aliphatic heterocycles. The number of nitrogens with two attached hydrogens (primary N) is 1. The first-order valence-corrected chi connectivity index (χ1v) is 4.27. The normalized spacial score (nSPS) is 13.8. The molecule has 16 heavy (non-hydrogen) atoms. The van der Waals surface area contributed by atoms with E-state index in [0.717, 1.165) is 6.07 Å². The van der Waals surface area contributed by atoms with Gasteiger partial charge in [0.1, 0.15) is 17.1 Å². The van der Waals surface area contributed by atoms with Crippen LogP contribution in [-0.4, -0.2) is 21.9 Å². The van der Waals surface area contributed by atoms with Gasteiger partial charge in [0, 0.05) is 5.56 Å². The van der Waals surface area contributed by atoms with Gasteiger partial charge in [0.2, 0.25) is 0 Å². The summed E-state index contributed by atoms with van der Waals surface area (Å²) in [5.74, 6) is -1.75. The second-order valence-corrected chi connectivity index (χ2v) is 3.22. The molecule has 1 rings (SSSR count). The topological polar surface area (TPSA) is 86.7 Å². The monoisotopic (exact) mass is 237 g/mol. The SMILES string of the molecule is NC(CO)c1cc(O)cc(C(F)(F)F)c1O. The van der Waals surface area contributed by atoms with Crippen molar-refractivity contribution < 1.29 is 28.5 Å². The van der Waals surface area contributed by atoms with Crippen LogP contribution in [0.3, 0.4) is 0 Å². The van der Waals surface area contributed by atoms with Crippen molar-refractivity contribution in [2.24, 2.45) is 5.73 Å². The van der Waals surface area contributed by atoms with E-state index in [0.29, 0.717) is 6.07 Å². The van der Waals surface area contributed by atoms with Gasteiger partial charge in [-0.2, -0.15) is 13.2 Å². The Morgan fingerprint density at radius 2 is 1.81 bits per heavy atom. The molecule has 0 bridgehead atoms. The molecule has 1 atom stereocenters. The largest absolute Gasteiger partial charge is 0.508 e. The predicted octanol–water partition coefficient (Wildman–Crippen LogP) is 1.11. The average Bonchev–Trinajstić information content (AvgIpc) is 2.18. The smallest absolute Gasteiger partial charge is 0.420 e. The number of phenolic OH excluding ortho intramolecular Hbond substituents is 2. The van der Waals surface area contributed by atoms with E-state index in [1.165, 1.54) is 0 Å². The highest BCUT2D eigenvalue weighted by Gasteiger charge is 2.36. The van der Waals surface area contributed by atoms with Crippen LogP contribution < -0.4 is 5.73 Å². The first kappa shape index (κ1) is 12.6. The van der Waals surface area contributed by atoms with Crippen LogP contribution in [0.25, 0.3) is 0 Å². The fourth-order valence-electron chi connectivity index (χ4n) is 1.24. The van der Waals surface area contributed by atoms with Crippen molar-refractivity contribution in [2.45, 2.75) is 12.2 Å². The molecule has 0 aliphatic carbocycles. The molecule has 0 heterocycles. The summed E-state index contributed by atoms with van der Waals surface area (Å²) in [7, 11) is 0. The zero-order valence-electron chi connectivity index (χ0n) is 7.99. The van der Waals surface area contributed by atoms with Crippen LogP contribution in [0.4, 0.5) is 13.2 Å². The highest BCUT2D eigenvalue weighted by Crippen LogP contribution is 2.41. The third kappa shape index (κ3) is 2.37. The zero-order valence-corrected chi connectivity index (χ0v) is 7.99. The third-order valence-corrected chi connectivity index (χ3v) is 2.03. The molecule has 0 fully saturated rings. The lowest BCUT2D eigenvalue weighted by molar-refractivity contribution is -0.139. The van der Waals surface area contributed by atoms with Gasteiger partial charge >= 0.3 is 6.18 Å². The van der Waals surface area contributed by atoms with Gasteiger partial charge in [0.25, 0.3) is 0 Å². The van der Waals surface area contributed by atoms with Crippen LogP contribution in [0.15, 0.2) is 12.1 Å². The van der Waals surface area contributed by atoms with E-state index in [2.05, 4.69) is 0 Å². The molecule has 0 radical (unpaired) electrons. The molecule has 0 amide bonds. The predicted molar refractivity (Wildman–Crippen MR) is 48.8 cm³/mol. The van der Waals surface area contributed by atoms with Gasteiger partial charge in [-0.3, -0.25) is 0 Å². The Bertz CT molecular complexity index is 392. The third-order valence-electron chi connectivity index (χ3n) is 2.03. The van der Waals surface area contributed by atoms with Gasteiger partial charge in [-0.05, 0) is 12.1 Å². The molecule has 0 saturated heterocycles. The molecular weight excluding hydrogens is 227 g/mol. The molecule has 0 saturated carbocycles. The highest BCUT2D eigenvalue weighted by molar-refractivity contribution is 5.48. The van der Waals surface area contributed by atoms with Crippen LogP contribution >= 0.6 is 0 Å². The lowest BCUT2D eigenvalue weighted by Crippen LogP contribution is -2.16. The van der Waals surface area contributed by atoms with Crippen molar-refractivity contribution >= 4 is 0 Å². The molecule has 1 aromatic rings. The molecular formula is C9H10F3NO3. The summed E-state index contributed by atoms with van der Waals surface area (Å²) in [4.78, 5) is 0. The lowest BCUT2D eigenvalue weighted by Gasteiger charge is -2.16. The van der Waals surface area contributed by atoms with Gasteiger partial charge in [0.15, 0.2) is 0 Å². The fourth-order valence-corrected chi connectivity index (χ4v) is 1.24. The Labute approximate surface area is 88.7 Å². The number of rotatable bonds is 2. The van der Waals surface area contributed by atoms with Crippen molar-refractivity contribution in [3.8, 4) is 11.5 Å². The Hall–Kier alpha value is -1.47. The molecule has 0 aliphatic rings. The molecule has 5 N–H and O–H groups in total. The van der Waals surface area contributed by atoms with Crippen LogP contribution in [0.5, 0.6) is 11.5 Å². The Balaban J connectivity index is 3.38. The van der Waals surface area contributed by atoms with Gasteiger partial charge in [-0.25, -0.2) is 0 Å². The van der Waals surface area contributed by atoms with Gasteiger partial charge in [-0.15, -0.1) is 0 Å². The van der Waals surface area contributed by atoms with Crippen molar-refractivity contribution in [1.29, 1.82) is 0 Å². The summed E-state index contributed by atoms with van der Waals surface area (Å²) >= 11 is 0. The van der Waals surface area contributed by atoms with Crippen molar-refractivity contribution in [2.75, 3.05) is 6.61 Å². The Morgan fingerprint density at radius 3 is 2.25 bits per heavy atom. The number of aliphatic hydroxyl groups is 1. The Kier molecular flexibility index (Phi) is 3.30. The van der Waals surface area contributed by atoms with Crippen molar-refractivity contribution in [3.63, 3.8) is 0 Å². The number of aromatic hydroxyl groups is 2. The summed E-state index contributed by atoms with van der Waals surface area (Å²) in [6, 6.07) is 0.0854.